The number of hydrogen-bond acceptors (Lipinski definition) is 4. The molecule has 6 heteroatoms. The van der Waals surface area contributed by atoms with Crippen molar-refractivity contribution >= 4 is 23.4 Å². The molecule has 0 aliphatic heterocycles. The van der Waals surface area contributed by atoms with E-state index in [1.54, 1.807) is 12.7 Å². The molecule has 2 aromatic heterocycles. The highest BCUT2D eigenvalue weighted by Gasteiger charge is 2.26. The largest absolute Gasteiger partial charge is 0.391 e. The molecule has 0 radical (unpaired) electrons. The van der Waals surface area contributed by atoms with Crippen molar-refractivity contribution in [1.29, 1.82) is 0 Å². The predicted octanol–water partition coefficient (Wildman–Crippen LogP) is 1.96. The van der Waals surface area contributed by atoms with Crippen molar-refractivity contribution in [3.05, 3.63) is 17.3 Å². The van der Waals surface area contributed by atoms with E-state index in [1.807, 2.05) is 4.57 Å². The molecule has 2 atom stereocenters. The van der Waals surface area contributed by atoms with Gasteiger partial charge in [0.1, 0.15) is 11.2 Å². The van der Waals surface area contributed by atoms with E-state index in [1.165, 1.54) is 0 Å². The summed E-state index contributed by atoms with van der Waals surface area (Å²) in [6, 6.07) is 0.0989. The predicted molar refractivity (Wildman–Crippen MR) is 66.2 cm³/mol. The molecule has 0 spiro atoms. The van der Waals surface area contributed by atoms with Gasteiger partial charge in [0, 0.05) is 0 Å². The molecular weight excluding hydrogens is 236 g/mol. The molecule has 1 aliphatic carbocycles. The summed E-state index contributed by atoms with van der Waals surface area (Å²) in [5, 5.41) is 10.1. The lowest BCUT2D eigenvalue weighted by Gasteiger charge is -2.28. The average Bonchev–Trinajstić information content (AvgIpc) is 2.75. The number of aliphatic hydroxyl groups is 1. The maximum absolute atomic E-state index is 10.1. The molecule has 17 heavy (non-hydrogen) atoms. The van der Waals surface area contributed by atoms with Gasteiger partial charge >= 0.3 is 0 Å². The molecule has 1 saturated carbocycles. The molecule has 5 nitrogen and oxygen atoms in total. The molecule has 2 heterocycles. The van der Waals surface area contributed by atoms with Crippen LogP contribution >= 0.6 is 12.2 Å². The van der Waals surface area contributed by atoms with E-state index in [-0.39, 0.29) is 12.1 Å². The Morgan fingerprint density at radius 2 is 2.18 bits per heavy atom. The Morgan fingerprint density at radius 3 is 3.00 bits per heavy atom. The van der Waals surface area contributed by atoms with Crippen LogP contribution in [-0.4, -0.2) is 30.7 Å². The van der Waals surface area contributed by atoms with E-state index in [4.69, 9.17) is 12.2 Å². The molecular formula is C11H14N4OS. The van der Waals surface area contributed by atoms with Crippen molar-refractivity contribution < 1.29 is 5.11 Å². The minimum atomic E-state index is -0.295. The number of nitrogens with one attached hydrogen (secondary N) is 1. The van der Waals surface area contributed by atoms with Gasteiger partial charge in [-0.1, -0.05) is 25.1 Å². The second-order valence-electron chi connectivity index (χ2n) is 4.48. The number of aromatic amines is 1. The Kier molecular flexibility index (Phi) is 2.68. The summed E-state index contributed by atoms with van der Waals surface area (Å²) in [4.78, 5) is 11.4. The van der Waals surface area contributed by atoms with Crippen LogP contribution < -0.4 is 0 Å². The molecule has 1 aliphatic rings. The van der Waals surface area contributed by atoms with Crippen LogP contribution in [0.25, 0.3) is 11.2 Å². The summed E-state index contributed by atoms with van der Waals surface area (Å²) in [6.45, 7) is 0. The first-order valence-corrected chi connectivity index (χ1v) is 6.26. The Balaban J connectivity index is 2.11. The van der Waals surface area contributed by atoms with Crippen LogP contribution in [0.15, 0.2) is 12.7 Å². The summed E-state index contributed by atoms with van der Waals surface area (Å²) in [7, 11) is 0. The van der Waals surface area contributed by atoms with Crippen LogP contribution in [0.4, 0.5) is 0 Å². The molecule has 0 aromatic carbocycles. The summed E-state index contributed by atoms with van der Waals surface area (Å²) in [6.07, 6.45) is 7.12. The zero-order chi connectivity index (χ0) is 11.8. The second-order valence-corrected chi connectivity index (χ2v) is 4.86. The van der Waals surface area contributed by atoms with Crippen molar-refractivity contribution in [2.45, 2.75) is 37.8 Å². The van der Waals surface area contributed by atoms with Crippen molar-refractivity contribution in [2.75, 3.05) is 0 Å². The van der Waals surface area contributed by atoms with Gasteiger partial charge in [-0.2, -0.15) is 0 Å². The third kappa shape index (κ3) is 1.77. The van der Waals surface area contributed by atoms with E-state index >= 15 is 0 Å². The minimum Gasteiger partial charge on any atom is -0.391 e. The number of aliphatic hydroxyl groups excluding tert-OH is 1. The molecule has 0 unspecified atom stereocenters. The summed E-state index contributed by atoms with van der Waals surface area (Å²) >= 11 is 5.13. The van der Waals surface area contributed by atoms with Gasteiger partial charge in [0.2, 0.25) is 0 Å². The lowest BCUT2D eigenvalue weighted by atomic mass is 9.92. The van der Waals surface area contributed by atoms with E-state index < -0.39 is 0 Å². The number of imidazole rings is 1. The average molecular weight is 250 g/mol. The Hall–Kier alpha value is -1.27. The van der Waals surface area contributed by atoms with Crippen molar-refractivity contribution in [3.8, 4) is 0 Å². The van der Waals surface area contributed by atoms with Crippen LogP contribution in [0.3, 0.4) is 0 Å². The molecule has 0 amide bonds. The maximum Gasteiger partial charge on any atom is 0.157 e. The first kappa shape index (κ1) is 10.9. The van der Waals surface area contributed by atoms with Crippen LogP contribution in [-0.2, 0) is 0 Å². The maximum atomic E-state index is 10.1. The highest BCUT2D eigenvalue weighted by molar-refractivity contribution is 7.71. The third-order valence-electron chi connectivity index (χ3n) is 3.43. The van der Waals surface area contributed by atoms with Gasteiger partial charge in [0.15, 0.2) is 4.64 Å². The molecule has 2 N–H and O–H groups in total. The highest BCUT2D eigenvalue weighted by Crippen LogP contribution is 2.30. The third-order valence-corrected chi connectivity index (χ3v) is 3.73. The number of hydrogen-bond donors (Lipinski definition) is 2. The fourth-order valence-electron chi connectivity index (χ4n) is 2.54. The Bertz CT molecular complexity index is 590. The standard InChI is InChI=1S/C11H14N4OS/c16-8-4-2-1-3-7(8)15-6-14-9-10(15)12-5-13-11(9)17/h5-8,16H,1-4H2,(H,12,13,17)/t7-,8+/m0/s1. The Labute approximate surface area is 104 Å². The number of rotatable bonds is 1. The molecule has 0 bridgehead atoms. The van der Waals surface area contributed by atoms with Crippen LogP contribution in [0.2, 0.25) is 0 Å². The fourth-order valence-corrected chi connectivity index (χ4v) is 2.74. The highest BCUT2D eigenvalue weighted by atomic mass is 32.1. The molecule has 0 saturated heterocycles. The van der Waals surface area contributed by atoms with Crippen LogP contribution in [0, 0.1) is 4.64 Å². The number of nitrogens with zero attached hydrogens (tertiary/aromatic N) is 3. The summed E-state index contributed by atoms with van der Waals surface area (Å²) < 4.78 is 2.50. The van der Waals surface area contributed by atoms with Gasteiger partial charge in [0.25, 0.3) is 0 Å². The quantitative estimate of drug-likeness (QED) is 0.759. The van der Waals surface area contributed by atoms with Crippen LogP contribution in [0.5, 0.6) is 0 Å². The number of H-pyrrole nitrogens is 1. The monoisotopic (exact) mass is 250 g/mol. The smallest absolute Gasteiger partial charge is 0.157 e. The van der Waals surface area contributed by atoms with Crippen molar-refractivity contribution in [2.24, 2.45) is 0 Å². The van der Waals surface area contributed by atoms with Gasteiger partial charge in [0.05, 0.1) is 24.8 Å². The lowest BCUT2D eigenvalue weighted by molar-refractivity contribution is 0.0770. The molecule has 3 rings (SSSR count). The summed E-state index contributed by atoms with van der Waals surface area (Å²) in [5.41, 5.74) is 1.57. The van der Waals surface area contributed by atoms with Gasteiger partial charge in [-0.25, -0.2) is 9.97 Å². The first-order valence-electron chi connectivity index (χ1n) is 5.85. The number of aromatic nitrogens is 4. The van der Waals surface area contributed by atoms with E-state index in [0.29, 0.717) is 10.2 Å². The Morgan fingerprint density at radius 1 is 1.35 bits per heavy atom. The zero-order valence-electron chi connectivity index (χ0n) is 9.33. The van der Waals surface area contributed by atoms with Gasteiger partial charge in [-0.05, 0) is 12.8 Å². The van der Waals surface area contributed by atoms with Crippen LogP contribution in [0.1, 0.15) is 31.7 Å². The molecule has 90 valence electrons. The second kappa shape index (κ2) is 4.19. The van der Waals surface area contributed by atoms with Crippen molar-refractivity contribution in [1.82, 2.24) is 19.5 Å². The van der Waals surface area contributed by atoms with E-state index in [2.05, 4.69) is 15.0 Å². The topological polar surface area (TPSA) is 66.7 Å². The first-order chi connectivity index (χ1) is 8.27. The van der Waals surface area contributed by atoms with E-state index in [0.717, 1.165) is 31.3 Å². The van der Waals surface area contributed by atoms with Gasteiger partial charge < -0.3 is 14.7 Å². The van der Waals surface area contributed by atoms with E-state index in [9.17, 15) is 5.11 Å². The summed E-state index contributed by atoms with van der Waals surface area (Å²) in [5.74, 6) is 0. The zero-order valence-corrected chi connectivity index (χ0v) is 10.2. The minimum absolute atomic E-state index is 0.0989. The fraction of sp³-hybridized carbons (Fsp3) is 0.545. The normalized spacial score (nSPS) is 25.2. The molecule has 2 aromatic rings. The number of fused-ring (bicyclic) bond motifs is 1. The molecule has 1 fully saturated rings. The van der Waals surface area contributed by atoms with Crippen molar-refractivity contribution in [3.63, 3.8) is 0 Å². The SMILES string of the molecule is O[C@@H]1CCCC[C@@H]1n1cnc2c(=S)nc[nH]c21. The van der Waals surface area contributed by atoms with Gasteiger partial charge in [-0.3, -0.25) is 0 Å². The lowest BCUT2D eigenvalue weighted by Crippen LogP contribution is -2.27. The van der Waals surface area contributed by atoms with Gasteiger partial charge in [-0.15, -0.1) is 0 Å².